The van der Waals surface area contributed by atoms with E-state index in [1.165, 1.54) is 0 Å². The van der Waals surface area contributed by atoms with E-state index in [4.69, 9.17) is 14.2 Å². The third-order valence-electron chi connectivity index (χ3n) is 7.50. The number of ether oxygens (including phenoxy) is 3. The molecule has 0 saturated carbocycles. The molecule has 0 aliphatic carbocycles. The Labute approximate surface area is 234 Å². The van der Waals surface area contributed by atoms with E-state index in [1.807, 2.05) is 108 Å². The van der Waals surface area contributed by atoms with Crippen LogP contribution in [0.3, 0.4) is 0 Å². The number of carbonyl (C=O) groups excluding carboxylic acids is 1. The third-order valence-corrected chi connectivity index (χ3v) is 7.50. The summed E-state index contributed by atoms with van der Waals surface area (Å²) in [5.41, 5.74) is 3.42. The fourth-order valence-corrected chi connectivity index (χ4v) is 5.57. The molecule has 0 aromatic heterocycles. The Balaban J connectivity index is 1.47. The molecule has 5 nitrogen and oxygen atoms in total. The van der Waals surface area contributed by atoms with Crippen LogP contribution in [0.5, 0.6) is 11.5 Å². The van der Waals surface area contributed by atoms with Crippen molar-refractivity contribution in [2.24, 2.45) is 0 Å². The van der Waals surface area contributed by atoms with Crippen molar-refractivity contribution in [3.63, 3.8) is 0 Å². The first kappa shape index (κ1) is 25.7. The maximum absolute atomic E-state index is 14.8. The molecular formula is C35H31NO4. The van der Waals surface area contributed by atoms with Gasteiger partial charge in [0, 0.05) is 23.7 Å². The number of rotatable bonds is 8. The van der Waals surface area contributed by atoms with Gasteiger partial charge in [-0.15, -0.1) is 0 Å². The van der Waals surface area contributed by atoms with Crippen LogP contribution >= 0.6 is 0 Å². The fraction of sp³-hybridized carbons (Fsp3) is 0.171. The van der Waals surface area contributed by atoms with E-state index in [0.717, 1.165) is 22.4 Å². The van der Waals surface area contributed by atoms with E-state index in [-0.39, 0.29) is 11.9 Å². The number of benzene rings is 4. The van der Waals surface area contributed by atoms with Gasteiger partial charge in [0.15, 0.2) is 5.60 Å². The minimum atomic E-state index is -1.25. The highest BCUT2D eigenvalue weighted by Gasteiger charge is 2.55. The molecule has 2 heterocycles. The van der Waals surface area contributed by atoms with Gasteiger partial charge in [0.25, 0.3) is 5.91 Å². The highest BCUT2D eigenvalue weighted by atomic mass is 16.5. The molecule has 1 unspecified atom stereocenters. The first-order valence-corrected chi connectivity index (χ1v) is 13.5. The van der Waals surface area contributed by atoms with Crippen molar-refractivity contribution in [3.05, 3.63) is 155 Å². The van der Waals surface area contributed by atoms with E-state index in [0.29, 0.717) is 36.7 Å². The Morgan fingerprint density at radius 1 is 0.875 bits per heavy atom. The van der Waals surface area contributed by atoms with Gasteiger partial charge in [-0.25, -0.2) is 0 Å². The van der Waals surface area contributed by atoms with Gasteiger partial charge in [0.1, 0.15) is 18.1 Å². The maximum atomic E-state index is 14.8. The molecule has 1 fully saturated rings. The molecule has 4 aromatic carbocycles. The van der Waals surface area contributed by atoms with Gasteiger partial charge in [0.05, 0.1) is 19.8 Å². The summed E-state index contributed by atoms with van der Waals surface area (Å²) in [5.74, 6) is 1.10. The molecule has 40 heavy (non-hydrogen) atoms. The SMILES string of the molecule is COc1ccc(C23C/C(=C\C=C/CO2)N(C(c2ccccc2)c2ccccc2)C3=O)c(OCc2ccccc2)c1. The van der Waals surface area contributed by atoms with Crippen LogP contribution in [-0.4, -0.2) is 24.5 Å². The van der Waals surface area contributed by atoms with Crippen molar-refractivity contribution < 1.29 is 19.0 Å². The Hall–Kier alpha value is -4.61. The smallest absolute Gasteiger partial charge is 0.265 e. The van der Waals surface area contributed by atoms with Crippen LogP contribution in [0.2, 0.25) is 0 Å². The topological polar surface area (TPSA) is 48.0 Å². The number of hydrogen-bond acceptors (Lipinski definition) is 4. The minimum absolute atomic E-state index is 0.116. The molecule has 0 radical (unpaired) electrons. The van der Waals surface area contributed by atoms with E-state index < -0.39 is 5.60 Å². The van der Waals surface area contributed by atoms with Crippen molar-refractivity contribution in [1.82, 2.24) is 4.90 Å². The zero-order valence-corrected chi connectivity index (χ0v) is 22.4. The maximum Gasteiger partial charge on any atom is 0.265 e. The molecule has 1 saturated heterocycles. The molecule has 200 valence electrons. The average molecular weight is 530 g/mol. The Kier molecular flexibility index (Phi) is 7.21. The molecule has 2 bridgehead atoms. The lowest BCUT2D eigenvalue weighted by atomic mass is 9.89. The van der Waals surface area contributed by atoms with Gasteiger partial charge in [-0.1, -0.05) is 103 Å². The normalized spacial score (nSPS) is 20.4. The lowest BCUT2D eigenvalue weighted by Crippen LogP contribution is -2.42. The Bertz CT molecular complexity index is 1490. The van der Waals surface area contributed by atoms with Gasteiger partial charge in [-0.2, -0.15) is 0 Å². The summed E-state index contributed by atoms with van der Waals surface area (Å²) in [6, 6.07) is 35.6. The molecule has 5 heteroatoms. The third kappa shape index (κ3) is 4.80. The van der Waals surface area contributed by atoms with Crippen molar-refractivity contribution >= 4 is 5.91 Å². The van der Waals surface area contributed by atoms with Gasteiger partial charge in [0.2, 0.25) is 0 Å². The summed E-state index contributed by atoms with van der Waals surface area (Å²) in [6.07, 6.45) is 6.34. The Morgan fingerprint density at radius 2 is 1.52 bits per heavy atom. The fourth-order valence-electron chi connectivity index (χ4n) is 5.57. The van der Waals surface area contributed by atoms with Gasteiger partial charge < -0.3 is 19.1 Å². The standard InChI is InChI=1S/C35H31NO4/c1-38-30-20-21-31(32(23-30)39-25-26-13-5-2-6-14-26)35-24-29(19-11-12-22-40-35)36(34(35)37)33(27-15-7-3-8-16-27)28-17-9-4-10-18-28/h2-21,23,33H,22,24-25H2,1H3/b12-11-,29-19+. The Morgan fingerprint density at radius 3 is 2.17 bits per heavy atom. The molecule has 1 amide bonds. The number of methoxy groups -OCH3 is 1. The number of nitrogens with zero attached hydrogens (tertiary/aromatic N) is 1. The predicted molar refractivity (Wildman–Crippen MR) is 155 cm³/mol. The van der Waals surface area contributed by atoms with Crippen molar-refractivity contribution in [3.8, 4) is 11.5 Å². The zero-order chi connectivity index (χ0) is 27.4. The first-order valence-electron chi connectivity index (χ1n) is 13.5. The van der Waals surface area contributed by atoms with Gasteiger partial charge in [-0.3, -0.25) is 4.79 Å². The predicted octanol–water partition coefficient (Wildman–Crippen LogP) is 6.96. The molecule has 1 atom stereocenters. The van der Waals surface area contributed by atoms with Crippen LogP contribution in [-0.2, 0) is 21.7 Å². The van der Waals surface area contributed by atoms with Crippen LogP contribution in [0.25, 0.3) is 0 Å². The molecule has 4 aromatic rings. The van der Waals surface area contributed by atoms with E-state index in [2.05, 4.69) is 24.3 Å². The van der Waals surface area contributed by atoms with Crippen molar-refractivity contribution in [1.29, 1.82) is 0 Å². The monoisotopic (exact) mass is 529 g/mol. The molecule has 2 aliphatic rings. The quantitative estimate of drug-likeness (QED) is 0.248. The molecule has 6 rings (SSSR count). The first-order chi connectivity index (χ1) is 19.7. The molecule has 2 aliphatic heterocycles. The zero-order valence-electron chi connectivity index (χ0n) is 22.4. The number of hydrogen-bond donors (Lipinski definition) is 0. The van der Waals surface area contributed by atoms with Crippen LogP contribution in [0.1, 0.15) is 34.7 Å². The van der Waals surface area contributed by atoms with E-state index >= 15 is 0 Å². The molecular weight excluding hydrogens is 498 g/mol. The second-order valence-corrected chi connectivity index (χ2v) is 9.94. The summed E-state index contributed by atoms with van der Waals surface area (Å²) in [6.45, 7) is 0.656. The van der Waals surface area contributed by atoms with Gasteiger partial charge >= 0.3 is 0 Å². The summed E-state index contributed by atoms with van der Waals surface area (Å²) >= 11 is 0. The highest BCUT2D eigenvalue weighted by molar-refractivity contribution is 5.93. The average Bonchev–Trinajstić information content (AvgIpc) is 3.30. The number of carbonyl (C=O) groups is 1. The largest absolute Gasteiger partial charge is 0.497 e. The van der Waals surface area contributed by atoms with Crippen molar-refractivity contribution in [2.45, 2.75) is 24.7 Å². The van der Waals surface area contributed by atoms with Crippen molar-refractivity contribution in [2.75, 3.05) is 13.7 Å². The van der Waals surface area contributed by atoms with Gasteiger partial charge in [-0.05, 0) is 34.9 Å². The second-order valence-electron chi connectivity index (χ2n) is 9.94. The number of allylic oxidation sites excluding steroid dienone is 2. The number of likely N-dealkylation sites (tertiary alicyclic amines) is 1. The lowest BCUT2D eigenvalue weighted by Gasteiger charge is -2.33. The lowest BCUT2D eigenvalue weighted by molar-refractivity contribution is -0.150. The van der Waals surface area contributed by atoms with Crippen LogP contribution in [0.4, 0.5) is 0 Å². The van der Waals surface area contributed by atoms with E-state index in [1.54, 1.807) is 7.11 Å². The van der Waals surface area contributed by atoms with Crippen LogP contribution < -0.4 is 9.47 Å². The van der Waals surface area contributed by atoms with E-state index in [9.17, 15) is 4.79 Å². The number of fused-ring (bicyclic) bond motifs is 2. The summed E-state index contributed by atoms with van der Waals surface area (Å²) in [7, 11) is 1.62. The summed E-state index contributed by atoms with van der Waals surface area (Å²) in [5, 5.41) is 0. The molecule has 0 N–H and O–H groups in total. The number of amides is 1. The van der Waals surface area contributed by atoms with Crippen LogP contribution in [0, 0.1) is 0 Å². The summed E-state index contributed by atoms with van der Waals surface area (Å²) < 4.78 is 18.5. The summed E-state index contributed by atoms with van der Waals surface area (Å²) in [4.78, 5) is 16.7. The second kappa shape index (κ2) is 11.2. The highest BCUT2D eigenvalue weighted by Crippen LogP contribution is 2.51. The minimum Gasteiger partial charge on any atom is -0.497 e. The van der Waals surface area contributed by atoms with Crippen LogP contribution in [0.15, 0.2) is 133 Å². The molecule has 0 spiro atoms.